The topological polar surface area (TPSA) is 48.1 Å². The summed E-state index contributed by atoms with van der Waals surface area (Å²) < 4.78 is 6.87. The number of nitrogens with two attached hydrogens (primary N) is 1. The van der Waals surface area contributed by atoms with E-state index in [-0.39, 0.29) is 0 Å². The molecule has 0 aliphatic heterocycles. The first-order chi connectivity index (χ1) is 8.72. The number of fused-ring (bicyclic) bond motifs is 1. The monoisotopic (exact) mass is 256 g/mol. The zero-order valence-corrected chi connectivity index (χ0v) is 10.7. The van der Waals surface area contributed by atoms with E-state index in [0.717, 1.165) is 27.3 Å². The zero-order valence-electron chi connectivity index (χ0n) is 9.88. The first-order valence-electron chi connectivity index (χ1n) is 5.62. The van der Waals surface area contributed by atoms with Gasteiger partial charge >= 0.3 is 0 Å². The maximum atomic E-state index is 5.81. The summed E-state index contributed by atoms with van der Waals surface area (Å²) in [7, 11) is 0. The van der Waals surface area contributed by atoms with Crippen LogP contribution in [-0.4, -0.2) is 4.98 Å². The van der Waals surface area contributed by atoms with Crippen LogP contribution in [0, 0.1) is 6.92 Å². The van der Waals surface area contributed by atoms with E-state index < -0.39 is 0 Å². The molecular weight excluding hydrogens is 244 g/mol. The molecule has 1 heterocycles. The lowest BCUT2D eigenvalue weighted by Gasteiger charge is -2.06. The van der Waals surface area contributed by atoms with Crippen molar-refractivity contribution in [2.75, 3.05) is 5.73 Å². The molecule has 18 heavy (non-hydrogen) atoms. The Morgan fingerprint density at radius 2 is 1.89 bits per heavy atom. The summed E-state index contributed by atoms with van der Waals surface area (Å²) in [5.41, 5.74) is 7.76. The summed E-state index contributed by atoms with van der Waals surface area (Å²) in [6, 6.07) is 13.7. The van der Waals surface area contributed by atoms with Crippen molar-refractivity contribution in [3.05, 3.63) is 48.0 Å². The number of aromatic nitrogens is 1. The Balaban J connectivity index is 2.02. The fraction of sp³-hybridized carbons (Fsp3) is 0.0714. The molecule has 3 rings (SSSR count). The summed E-state index contributed by atoms with van der Waals surface area (Å²) >= 11 is 1.48. The SMILES string of the molecule is Cc1cc(Oc2ccccc2)cc2sc(N)nc12. The number of thiazole rings is 1. The average molecular weight is 256 g/mol. The molecule has 3 aromatic rings. The third-order valence-electron chi connectivity index (χ3n) is 2.65. The zero-order chi connectivity index (χ0) is 12.5. The van der Waals surface area contributed by atoms with E-state index >= 15 is 0 Å². The van der Waals surface area contributed by atoms with Crippen LogP contribution < -0.4 is 10.5 Å². The van der Waals surface area contributed by atoms with Gasteiger partial charge in [0, 0.05) is 6.07 Å². The molecule has 2 aromatic carbocycles. The third kappa shape index (κ3) is 2.02. The molecule has 0 aliphatic carbocycles. The highest BCUT2D eigenvalue weighted by atomic mass is 32.1. The lowest BCUT2D eigenvalue weighted by molar-refractivity contribution is 0.483. The van der Waals surface area contributed by atoms with E-state index in [2.05, 4.69) is 4.98 Å². The Bertz CT molecular complexity index is 692. The summed E-state index contributed by atoms with van der Waals surface area (Å²) in [6.07, 6.45) is 0. The van der Waals surface area contributed by atoms with Gasteiger partial charge in [0.1, 0.15) is 11.5 Å². The van der Waals surface area contributed by atoms with Crippen molar-refractivity contribution >= 4 is 26.7 Å². The molecule has 0 amide bonds. The molecule has 0 saturated carbocycles. The number of ether oxygens (including phenoxy) is 1. The van der Waals surface area contributed by atoms with Gasteiger partial charge in [-0.1, -0.05) is 29.5 Å². The maximum Gasteiger partial charge on any atom is 0.181 e. The molecule has 0 fully saturated rings. The van der Waals surface area contributed by atoms with Crippen molar-refractivity contribution in [2.24, 2.45) is 0 Å². The van der Waals surface area contributed by atoms with Crippen LogP contribution in [-0.2, 0) is 0 Å². The smallest absolute Gasteiger partial charge is 0.181 e. The van der Waals surface area contributed by atoms with Crippen molar-refractivity contribution < 1.29 is 4.74 Å². The summed E-state index contributed by atoms with van der Waals surface area (Å²) in [5, 5.41) is 0.588. The molecule has 3 nitrogen and oxygen atoms in total. The highest BCUT2D eigenvalue weighted by molar-refractivity contribution is 7.22. The number of nitrogens with zero attached hydrogens (tertiary/aromatic N) is 1. The molecule has 0 radical (unpaired) electrons. The van der Waals surface area contributed by atoms with Crippen LogP contribution in [0.25, 0.3) is 10.2 Å². The number of aryl methyl sites for hydroxylation is 1. The molecule has 1 aromatic heterocycles. The standard InChI is InChI=1S/C14H12N2OS/c1-9-7-11(17-10-5-3-2-4-6-10)8-12-13(9)16-14(15)18-12/h2-8H,1H3,(H2,15,16). The van der Waals surface area contributed by atoms with Crippen LogP contribution in [0.1, 0.15) is 5.56 Å². The van der Waals surface area contributed by atoms with Gasteiger partial charge in [-0.25, -0.2) is 4.98 Å². The molecule has 90 valence electrons. The van der Waals surface area contributed by atoms with Crippen LogP contribution in [0.4, 0.5) is 5.13 Å². The van der Waals surface area contributed by atoms with Gasteiger partial charge in [-0.3, -0.25) is 0 Å². The molecule has 0 bridgehead atoms. The van der Waals surface area contributed by atoms with Gasteiger partial charge in [0.15, 0.2) is 5.13 Å². The van der Waals surface area contributed by atoms with Crippen molar-refractivity contribution in [3.8, 4) is 11.5 Å². The Labute approximate surface area is 109 Å². The lowest BCUT2D eigenvalue weighted by Crippen LogP contribution is -1.86. The first kappa shape index (κ1) is 11.0. The quantitative estimate of drug-likeness (QED) is 0.754. The van der Waals surface area contributed by atoms with Crippen LogP contribution in [0.2, 0.25) is 0 Å². The van der Waals surface area contributed by atoms with Crippen LogP contribution in [0.5, 0.6) is 11.5 Å². The van der Waals surface area contributed by atoms with Crippen molar-refractivity contribution in [3.63, 3.8) is 0 Å². The Morgan fingerprint density at radius 1 is 1.11 bits per heavy atom. The minimum absolute atomic E-state index is 0.588. The van der Waals surface area contributed by atoms with Crippen LogP contribution in [0.3, 0.4) is 0 Å². The average Bonchev–Trinajstić information content (AvgIpc) is 2.72. The van der Waals surface area contributed by atoms with Gasteiger partial charge in [-0.2, -0.15) is 0 Å². The Hall–Kier alpha value is -2.07. The summed E-state index contributed by atoms with van der Waals surface area (Å²) in [4.78, 5) is 4.30. The van der Waals surface area contributed by atoms with E-state index in [4.69, 9.17) is 10.5 Å². The van der Waals surface area contributed by atoms with Gasteiger partial charge in [0.25, 0.3) is 0 Å². The summed E-state index contributed by atoms with van der Waals surface area (Å²) in [5.74, 6) is 1.64. The van der Waals surface area contributed by atoms with E-state index in [1.165, 1.54) is 11.3 Å². The van der Waals surface area contributed by atoms with E-state index in [1.807, 2.05) is 49.4 Å². The number of para-hydroxylation sites is 1. The molecule has 0 spiro atoms. The summed E-state index contributed by atoms with van der Waals surface area (Å²) in [6.45, 7) is 2.01. The van der Waals surface area contributed by atoms with E-state index in [0.29, 0.717) is 5.13 Å². The van der Waals surface area contributed by atoms with Crippen LogP contribution >= 0.6 is 11.3 Å². The minimum atomic E-state index is 0.588. The second-order valence-electron chi connectivity index (χ2n) is 4.05. The molecule has 0 unspecified atom stereocenters. The predicted molar refractivity (Wildman–Crippen MR) is 75.3 cm³/mol. The molecule has 4 heteroatoms. The number of benzene rings is 2. The second kappa shape index (κ2) is 4.31. The van der Waals surface area contributed by atoms with Crippen molar-refractivity contribution in [1.82, 2.24) is 4.98 Å². The van der Waals surface area contributed by atoms with Gasteiger partial charge in [0.2, 0.25) is 0 Å². The Morgan fingerprint density at radius 3 is 2.67 bits per heavy atom. The first-order valence-corrected chi connectivity index (χ1v) is 6.43. The van der Waals surface area contributed by atoms with Gasteiger partial charge in [-0.15, -0.1) is 0 Å². The predicted octanol–water partition coefficient (Wildman–Crippen LogP) is 3.98. The molecule has 2 N–H and O–H groups in total. The number of hydrogen-bond donors (Lipinski definition) is 1. The normalized spacial score (nSPS) is 10.7. The maximum absolute atomic E-state index is 5.81. The highest BCUT2D eigenvalue weighted by Crippen LogP contribution is 2.32. The van der Waals surface area contributed by atoms with Gasteiger partial charge in [0.05, 0.1) is 10.2 Å². The number of anilines is 1. The largest absolute Gasteiger partial charge is 0.457 e. The Kier molecular flexibility index (Phi) is 2.64. The van der Waals surface area contributed by atoms with E-state index in [9.17, 15) is 0 Å². The number of hydrogen-bond acceptors (Lipinski definition) is 4. The number of rotatable bonds is 2. The molecule has 0 aliphatic rings. The van der Waals surface area contributed by atoms with Gasteiger partial charge in [-0.05, 0) is 30.7 Å². The van der Waals surface area contributed by atoms with Crippen molar-refractivity contribution in [1.29, 1.82) is 0 Å². The number of nitrogen functional groups attached to an aromatic ring is 1. The van der Waals surface area contributed by atoms with Crippen LogP contribution in [0.15, 0.2) is 42.5 Å². The second-order valence-corrected chi connectivity index (χ2v) is 5.12. The van der Waals surface area contributed by atoms with Crippen molar-refractivity contribution in [2.45, 2.75) is 6.92 Å². The fourth-order valence-corrected chi connectivity index (χ4v) is 2.71. The molecule has 0 saturated heterocycles. The van der Waals surface area contributed by atoms with E-state index in [1.54, 1.807) is 0 Å². The lowest BCUT2D eigenvalue weighted by atomic mass is 10.2. The molecular formula is C14H12N2OS. The molecule has 0 atom stereocenters. The van der Waals surface area contributed by atoms with Gasteiger partial charge < -0.3 is 10.5 Å². The minimum Gasteiger partial charge on any atom is -0.457 e. The third-order valence-corrected chi connectivity index (χ3v) is 3.49. The fourth-order valence-electron chi connectivity index (χ4n) is 1.87. The highest BCUT2D eigenvalue weighted by Gasteiger charge is 2.07.